The lowest BCUT2D eigenvalue weighted by atomic mass is 9.57. The fraction of sp³-hybridized carbons (Fsp3) is 0.269. The molecule has 1 heterocycles. The van der Waals surface area contributed by atoms with E-state index in [9.17, 15) is 10.2 Å². The standard InChI is InChI=1S/C26H25NO2/c28-22-11-12-23-20(16-22)9-10-21-18-26(29,24-8-4-5-15-27-24)14-13-25(21,23)17-19-6-2-1-3-7-19/h1-8,11-12,15-16,18,28-29H,9-10,13-14,17H2/t25-,26-/m1/s1. The lowest BCUT2D eigenvalue weighted by molar-refractivity contribution is 0.0535. The average Bonchev–Trinajstić information content (AvgIpc) is 2.75. The Bertz CT molecular complexity index is 1060. The van der Waals surface area contributed by atoms with Crippen molar-refractivity contribution in [3.05, 3.63) is 107 Å². The van der Waals surface area contributed by atoms with Gasteiger partial charge in [-0.15, -0.1) is 0 Å². The molecule has 3 aromatic rings. The van der Waals surface area contributed by atoms with E-state index in [2.05, 4.69) is 41.4 Å². The zero-order valence-corrected chi connectivity index (χ0v) is 16.4. The van der Waals surface area contributed by atoms with Crippen LogP contribution in [0.25, 0.3) is 0 Å². The molecule has 29 heavy (non-hydrogen) atoms. The summed E-state index contributed by atoms with van der Waals surface area (Å²) in [6.45, 7) is 0. The van der Waals surface area contributed by atoms with E-state index in [4.69, 9.17) is 0 Å². The van der Waals surface area contributed by atoms with Crippen LogP contribution >= 0.6 is 0 Å². The fourth-order valence-corrected chi connectivity index (χ4v) is 5.27. The number of fused-ring (bicyclic) bond motifs is 3. The van der Waals surface area contributed by atoms with Crippen molar-refractivity contribution in [3.8, 4) is 5.75 Å². The molecular weight excluding hydrogens is 358 g/mol. The Hall–Kier alpha value is -2.91. The second kappa shape index (κ2) is 6.85. The molecule has 2 aliphatic carbocycles. The zero-order chi connectivity index (χ0) is 19.9. The van der Waals surface area contributed by atoms with E-state index in [1.54, 1.807) is 12.3 Å². The molecule has 0 saturated carbocycles. The highest BCUT2D eigenvalue weighted by molar-refractivity contribution is 5.52. The van der Waals surface area contributed by atoms with E-state index in [0.717, 1.165) is 31.4 Å². The van der Waals surface area contributed by atoms with Gasteiger partial charge in [0, 0.05) is 11.6 Å². The predicted octanol–water partition coefficient (Wildman–Crippen LogP) is 4.82. The van der Waals surface area contributed by atoms with Crippen molar-refractivity contribution in [1.29, 1.82) is 0 Å². The number of nitrogens with zero attached hydrogens (tertiary/aromatic N) is 1. The van der Waals surface area contributed by atoms with E-state index < -0.39 is 5.60 Å². The molecule has 2 aromatic carbocycles. The van der Waals surface area contributed by atoms with E-state index >= 15 is 0 Å². The second-order valence-corrected chi connectivity index (χ2v) is 8.39. The van der Waals surface area contributed by atoms with Gasteiger partial charge in [0.1, 0.15) is 11.4 Å². The summed E-state index contributed by atoms with van der Waals surface area (Å²) in [5, 5.41) is 21.5. The number of phenolic OH excluding ortho intramolecular Hbond substituents is 1. The number of aryl methyl sites for hydroxylation is 1. The van der Waals surface area contributed by atoms with E-state index in [0.29, 0.717) is 12.2 Å². The normalized spacial score (nSPS) is 25.6. The molecule has 3 nitrogen and oxygen atoms in total. The molecule has 2 aliphatic rings. The quantitative estimate of drug-likeness (QED) is 0.638. The first-order valence-corrected chi connectivity index (χ1v) is 10.3. The van der Waals surface area contributed by atoms with Gasteiger partial charge < -0.3 is 10.2 Å². The molecule has 0 spiro atoms. The SMILES string of the molecule is Oc1ccc2c(c1)CCC1=C[C@@](O)(c3ccccn3)CC[C@@]12Cc1ccccc1. The molecule has 2 N–H and O–H groups in total. The number of benzene rings is 2. The first-order valence-electron chi connectivity index (χ1n) is 10.3. The number of hydrogen-bond acceptors (Lipinski definition) is 3. The minimum Gasteiger partial charge on any atom is -0.508 e. The molecule has 1 aromatic heterocycles. The van der Waals surface area contributed by atoms with Crippen LogP contribution in [0.3, 0.4) is 0 Å². The summed E-state index contributed by atoms with van der Waals surface area (Å²) in [6.07, 6.45) is 7.96. The monoisotopic (exact) mass is 383 g/mol. The number of aromatic nitrogens is 1. The molecule has 2 atom stereocenters. The number of rotatable bonds is 3. The van der Waals surface area contributed by atoms with Gasteiger partial charge in [0.05, 0.1) is 5.69 Å². The van der Waals surface area contributed by atoms with Crippen LogP contribution in [0.1, 0.15) is 41.6 Å². The van der Waals surface area contributed by atoms with Crippen molar-refractivity contribution in [1.82, 2.24) is 4.98 Å². The molecular formula is C26H25NO2. The number of aliphatic hydroxyl groups is 1. The van der Waals surface area contributed by atoms with Gasteiger partial charge in [-0.3, -0.25) is 4.98 Å². The minimum atomic E-state index is -1.02. The van der Waals surface area contributed by atoms with Crippen molar-refractivity contribution < 1.29 is 10.2 Å². The third kappa shape index (κ3) is 3.06. The third-order valence-electron chi connectivity index (χ3n) is 6.69. The van der Waals surface area contributed by atoms with Gasteiger partial charge in [0.2, 0.25) is 0 Å². The van der Waals surface area contributed by atoms with Crippen LogP contribution in [-0.2, 0) is 23.9 Å². The largest absolute Gasteiger partial charge is 0.508 e. The lowest BCUT2D eigenvalue weighted by Gasteiger charge is -2.48. The molecule has 3 heteroatoms. The molecule has 0 aliphatic heterocycles. The highest BCUT2D eigenvalue weighted by Gasteiger charge is 2.47. The molecule has 0 saturated heterocycles. The summed E-state index contributed by atoms with van der Waals surface area (Å²) in [4.78, 5) is 4.45. The Morgan fingerprint density at radius 2 is 1.72 bits per heavy atom. The van der Waals surface area contributed by atoms with Crippen LogP contribution in [-0.4, -0.2) is 15.2 Å². The van der Waals surface area contributed by atoms with Crippen molar-refractivity contribution in [2.75, 3.05) is 0 Å². The number of hydrogen-bond donors (Lipinski definition) is 2. The highest BCUT2D eigenvalue weighted by Crippen LogP contribution is 2.53. The van der Waals surface area contributed by atoms with Crippen LogP contribution in [0.2, 0.25) is 0 Å². The Morgan fingerprint density at radius 1 is 0.897 bits per heavy atom. The summed E-state index contributed by atoms with van der Waals surface area (Å²) in [7, 11) is 0. The first-order chi connectivity index (χ1) is 14.1. The first kappa shape index (κ1) is 18.1. The van der Waals surface area contributed by atoms with Crippen molar-refractivity contribution in [2.24, 2.45) is 0 Å². The summed E-state index contributed by atoms with van der Waals surface area (Å²) in [5.74, 6) is 0.326. The minimum absolute atomic E-state index is 0.149. The summed E-state index contributed by atoms with van der Waals surface area (Å²) in [6, 6.07) is 22.1. The smallest absolute Gasteiger partial charge is 0.125 e. The number of pyridine rings is 1. The van der Waals surface area contributed by atoms with Gasteiger partial charge >= 0.3 is 0 Å². The van der Waals surface area contributed by atoms with Gasteiger partial charge in [-0.25, -0.2) is 0 Å². The number of aromatic hydroxyl groups is 1. The zero-order valence-electron chi connectivity index (χ0n) is 16.4. The van der Waals surface area contributed by atoms with Crippen molar-refractivity contribution in [3.63, 3.8) is 0 Å². The maximum absolute atomic E-state index is 11.5. The van der Waals surface area contributed by atoms with Gasteiger partial charge in [0.15, 0.2) is 0 Å². The molecule has 146 valence electrons. The Balaban J connectivity index is 1.66. The Kier molecular flexibility index (Phi) is 4.29. The van der Waals surface area contributed by atoms with Crippen LogP contribution in [0, 0.1) is 0 Å². The van der Waals surface area contributed by atoms with Crippen LogP contribution < -0.4 is 0 Å². The lowest BCUT2D eigenvalue weighted by Crippen LogP contribution is -2.43. The fourth-order valence-electron chi connectivity index (χ4n) is 5.27. The maximum Gasteiger partial charge on any atom is 0.125 e. The molecule has 0 fully saturated rings. The molecule has 0 bridgehead atoms. The number of allylic oxidation sites excluding steroid dienone is 1. The highest BCUT2D eigenvalue weighted by atomic mass is 16.3. The Labute approximate surface area is 171 Å². The number of phenols is 1. The molecule has 0 radical (unpaired) electrons. The van der Waals surface area contributed by atoms with Crippen LogP contribution in [0.4, 0.5) is 0 Å². The van der Waals surface area contributed by atoms with Crippen LogP contribution in [0.15, 0.2) is 84.6 Å². The van der Waals surface area contributed by atoms with Gasteiger partial charge in [0.25, 0.3) is 0 Å². The summed E-state index contributed by atoms with van der Waals surface area (Å²) < 4.78 is 0. The van der Waals surface area contributed by atoms with E-state index in [-0.39, 0.29) is 5.41 Å². The molecule has 0 amide bonds. The maximum atomic E-state index is 11.5. The van der Waals surface area contributed by atoms with Gasteiger partial charge in [-0.1, -0.05) is 48.0 Å². The third-order valence-corrected chi connectivity index (χ3v) is 6.69. The Morgan fingerprint density at radius 3 is 2.52 bits per heavy atom. The van der Waals surface area contributed by atoms with Crippen molar-refractivity contribution in [2.45, 2.75) is 43.1 Å². The second-order valence-electron chi connectivity index (χ2n) is 8.39. The average molecular weight is 383 g/mol. The summed E-state index contributed by atoms with van der Waals surface area (Å²) >= 11 is 0. The van der Waals surface area contributed by atoms with Gasteiger partial charge in [-0.2, -0.15) is 0 Å². The van der Waals surface area contributed by atoms with E-state index in [1.807, 2.05) is 30.3 Å². The summed E-state index contributed by atoms with van der Waals surface area (Å²) in [5.41, 5.74) is 4.65. The molecule has 5 rings (SSSR count). The predicted molar refractivity (Wildman–Crippen MR) is 114 cm³/mol. The van der Waals surface area contributed by atoms with Crippen LogP contribution in [0.5, 0.6) is 5.75 Å². The van der Waals surface area contributed by atoms with E-state index in [1.165, 1.54) is 22.3 Å². The topological polar surface area (TPSA) is 53.4 Å². The van der Waals surface area contributed by atoms with Gasteiger partial charge in [-0.05, 0) is 79.1 Å². The molecule has 0 unspecified atom stereocenters. The van der Waals surface area contributed by atoms with Crippen molar-refractivity contribution >= 4 is 0 Å².